The Bertz CT molecular complexity index is 657. The summed E-state index contributed by atoms with van der Waals surface area (Å²) in [7, 11) is 0. The second-order valence-electron chi connectivity index (χ2n) is 4.95. The van der Waals surface area contributed by atoms with Gasteiger partial charge in [0.2, 0.25) is 0 Å². The molecule has 2 aromatic rings. The molecular formula is C13H11N3O2S. The van der Waals surface area contributed by atoms with Gasteiger partial charge in [0, 0.05) is 0 Å². The molecule has 6 heteroatoms. The average molecular weight is 273 g/mol. The van der Waals surface area contributed by atoms with Crippen LogP contribution in [0.1, 0.15) is 36.6 Å². The zero-order valence-electron chi connectivity index (χ0n) is 10.1. The van der Waals surface area contributed by atoms with Crippen LogP contribution in [0.5, 0.6) is 0 Å². The van der Waals surface area contributed by atoms with E-state index in [1.165, 1.54) is 11.3 Å². The highest BCUT2D eigenvalue weighted by molar-refractivity contribution is 7.13. The third-order valence-corrected chi connectivity index (χ3v) is 4.76. The van der Waals surface area contributed by atoms with Crippen molar-refractivity contribution in [2.24, 2.45) is 0 Å². The fourth-order valence-electron chi connectivity index (χ4n) is 2.95. The summed E-state index contributed by atoms with van der Waals surface area (Å²) in [5, 5.41) is 15.0. The molecule has 2 fully saturated rings. The summed E-state index contributed by atoms with van der Waals surface area (Å²) in [5.74, 6) is 1.42. The first kappa shape index (κ1) is 11.1. The van der Waals surface area contributed by atoms with E-state index in [4.69, 9.17) is 14.5 Å². The van der Waals surface area contributed by atoms with Crippen LogP contribution in [-0.2, 0) is 4.74 Å². The van der Waals surface area contributed by atoms with Gasteiger partial charge in [-0.3, -0.25) is 0 Å². The molecule has 0 N–H and O–H groups in total. The average Bonchev–Trinajstić information content (AvgIpc) is 3.19. The summed E-state index contributed by atoms with van der Waals surface area (Å²) < 4.78 is 11.1. The van der Waals surface area contributed by atoms with Crippen molar-refractivity contribution in [3.05, 3.63) is 22.8 Å². The Hall–Kier alpha value is -1.71. The van der Waals surface area contributed by atoms with E-state index in [2.05, 4.69) is 16.2 Å². The van der Waals surface area contributed by atoms with Crippen molar-refractivity contribution in [2.45, 2.75) is 37.4 Å². The molecule has 2 bridgehead atoms. The molecule has 0 amide bonds. The third-order valence-electron chi connectivity index (χ3n) is 3.86. The van der Waals surface area contributed by atoms with Crippen LogP contribution in [0.2, 0.25) is 0 Å². The maximum atomic E-state index is 9.02. The highest BCUT2D eigenvalue weighted by Crippen LogP contribution is 2.44. The van der Waals surface area contributed by atoms with Crippen LogP contribution < -0.4 is 0 Å². The van der Waals surface area contributed by atoms with E-state index in [1.54, 1.807) is 6.07 Å². The molecular weight excluding hydrogens is 262 g/mol. The predicted octanol–water partition coefficient (Wildman–Crippen LogP) is 2.70. The summed E-state index contributed by atoms with van der Waals surface area (Å²) in [6, 6.07) is 3.91. The van der Waals surface area contributed by atoms with E-state index in [1.807, 2.05) is 5.38 Å². The monoisotopic (exact) mass is 273 g/mol. The Kier molecular flexibility index (Phi) is 2.43. The van der Waals surface area contributed by atoms with Gasteiger partial charge in [-0.25, -0.2) is 0 Å². The van der Waals surface area contributed by atoms with Gasteiger partial charge in [-0.15, -0.1) is 11.3 Å². The molecule has 0 radical (unpaired) electrons. The van der Waals surface area contributed by atoms with Crippen LogP contribution in [0, 0.1) is 11.3 Å². The summed E-state index contributed by atoms with van der Waals surface area (Å²) in [6.07, 6.45) is 3.83. The first-order valence-corrected chi connectivity index (χ1v) is 7.20. The molecule has 2 aliphatic rings. The van der Waals surface area contributed by atoms with E-state index in [-0.39, 0.29) is 12.0 Å². The molecule has 96 valence electrons. The first-order valence-electron chi connectivity index (χ1n) is 6.32. The lowest BCUT2D eigenvalue weighted by Crippen LogP contribution is -2.15. The van der Waals surface area contributed by atoms with Crippen LogP contribution in [0.15, 0.2) is 16.0 Å². The van der Waals surface area contributed by atoms with Crippen LogP contribution in [0.25, 0.3) is 10.8 Å². The maximum Gasteiger partial charge on any atom is 0.269 e. The second kappa shape index (κ2) is 4.15. The number of nitriles is 1. The second-order valence-corrected chi connectivity index (χ2v) is 5.87. The smallest absolute Gasteiger partial charge is 0.269 e. The molecule has 0 saturated carbocycles. The fourth-order valence-corrected chi connectivity index (χ4v) is 3.71. The van der Waals surface area contributed by atoms with Gasteiger partial charge in [-0.1, -0.05) is 5.16 Å². The zero-order chi connectivity index (χ0) is 12.8. The molecule has 5 nitrogen and oxygen atoms in total. The molecule has 0 aromatic carbocycles. The summed E-state index contributed by atoms with van der Waals surface area (Å²) in [6.45, 7) is 0. The highest BCUT2D eigenvalue weighted by atomic mass is 32.1. The Morgan fingerprint density at radius 2 is 2.37 bits per heavy atom. The zero-order valence-corrected chi connectivity index (χ0v) is 10.9. The molecule has 3 unspecified atom stereocenters. The van der Waals surface area contributed by atoms with Crippen LogP contribution >= 0.6 is 11.3 Å². The molecule has 0 aliphatic carbocycles. The van der Waals surface area contributed by atoms with Gasteiger partial charge in [0.05, 0.1) is 23.7 Å². The molecule has 2 saturated heterocycles. The number of ether oxygens (including phenoxy) is 1. The van der Waals surface area contributed by atoms with Crippen molar-refractivity contribution in [3.8, 4) is 16.8 Å². The van der Waals surface area contributed by atoms with Gasteiger partial charge < -0.3 is 9.26 Å². The van der Waals surface area contributed by atoms with Gasteiger partial charge in [-0.05, 0) is 30.7 Å². The lowest BCUT2D eigenvalue weighted by Gasteiger charge is -2.13. The molecule has 3 atom stereocenters. The lowest BCUT2D eigenvalue weighted by atomic mass is 9.89. The van der Waals surface area contributed by atoms with Gasteiger partial charge >= 0.3 is 0 Å². The molecule has 2 aromatic heterocycles. The number of rotatable bonds is 2. The standard InChI is InChI=1S/C13H11N3O2S/c14-6-7-3-4-19-11(7)13-15-12(16-18-13)9-5-8-1-2-10(9)17-8/h3-4,8-10H,1-2,5H2. The summed E-state index contributed by atoms with van der Waals surface area (Å²) in [5.41, 5.74) is 0.587. The van der Waals surface area contributed by atoms with Crippen LogP contribution in [-0.4, -0.2) is 22.3 Å². The Balaban J connectivity index is 1.65. The molecule has 19 heavy (non-hydrogen) atoms. The highest BCUT2D eigenvalue weighted by Gasteiger charge is 2.43. The quantitative estimate of drug-likeness (QED) is 0.841. The number of hydrogen-bond acceptors (Lipinski definition) is 6. The SMILES string of the molecule is N#Cc1ccsc1-c1nc(C2CC3CCC2O3)no1. The lowest BCUT2D eigenvalue weighted by molar-refractivity contribution is 0.0996. The van der Waals surface area contributed by atoms with Gasteiger partial charge in [0.1, 0.15) is 10.9 Å². The maximum absolute atomic E-state index is 9.02. The number of nitrogens with zero attached hydrogens (tertiary/aromatic N) is 3. The number of thiophene rings is 1. The molecule has 2 aliphatic heterocycles. The van der Waals surface area contributed by atoms with E-state index in [0.717, 1.165) is 30.0 Å². The van der Waals surface area contributed by atoms with Crippen molar-refractivity contribution < 1.29 is 9.26 Å². The predicted molar refractivity (Wildman–Crippen MR) is 67.6 cm³/mol. The van der Waals surface area contributed by atoms with E-state index in [0.29, 0.717) is 17.6 Å². The van der Waals surface area contributed by atoms with Gasteiger partial charge in [-0.2, -0.15) is 10.2 Å². The largest absolute Gasteiger partial charge is 0.374 e. The summed E-state index contributed by atoms with van der Waals surface area (Å²) >= 11 is 1.45. The minimum atomic E-state index is 0.245. The molecule has 4 heterocycles. The first-order chi connectivity index (χ1) is 9.35. The number of aromatic nitrogens is 2. The Morgan fingerprint density at radius 1 is 1.42 bits per heavy atom. The van der Waals surface area contributed by atoms with Crippen molar-refractivity contribution in [2.75, 3.05) is 0 Å². The minimum absolute atomic E-state index is 0.245. The van der Waals surface area contributed by atoms with Crippen LogP contribution in [0.4, 0.5) is 0 Å². The molecule has 0 spiro atoms. The minimum Gasteiger partial charge on any atom is -0.374 e. The van der Waals surface area contributed by atoms with Crippen molar-refractivity contribution >= 4 is 11.3 Å². The van der Waals surface area contributed by atoms with Gasteiger partial charge in [0.15, 0.2) is 5.82 Å². The summed E-state index contributed by atoms with van der Waals surface area (Å²) in [4.78, 5) is 5.22. The number of hydrogen-bond donors (Lipinski definition) is 0. The van der Waals surface area contributed by atoms with E-state index >= 15 is 0 Å². The Morgan fingerprint density at radius 3 is 3.11 bits per heavy atom. The van der Waals surface area contributed by atoms with Crippen molar-refractivity contribution in [3.63, 3.8) is 0 Å². The van der Waals surface area contributed by atoms with E-state index in [9.17, 15) is 0 Å². The van der Waals surface area contributed by atoms with Crippen LogP contribution in [0.3, 0.4) is 0 Å². The topological polar surface area (TPSA) is 71.9 Å². The van der Waals surface area contributed by atoms with Gasteiger partial charge in [0.25, 0.3) is 5.89 Å². The normalized spacial score (nSPS) is 28.7. The molecule has 4 rings (SSSR count). The Labute approximate surface area is 113 Å². The van der Waals surface area contributed by atoms with Crippen molar-refractivity contribution in [1.29, 1.82) is 5.26 Å². The van der Waals surface area contributed by atoms with Crippen molar-refractivity contribution in [1.82, 2.24) is 10.1 Å². The van der Waals surface area contributed by atoms with E-state index < -0.39 is 0 Å². The third kappa shape index (κ3) is 1.70. The fraction of sp³-hybridized carbons (Fsp3) is 0.462. The number of fused-ring (bicyclic) bond motifs is 2.